The molecule has 0 heterocycles. The van der Waals surface area contributed by atoms with Crippen LogP contribution in [0.2, 0.25) is 0 Å². The monoisotopic (exact) mass is 446 g/mol. The Morgan fingerprint density at radius 2 is 1.77 bits per heavy atom. The molecule has 0 fully saturated rings. The summed E-state index contributed by atoms with van der Waals surface area (Å²) >= 11 is 0. The summed E-state index contributed by atoms with van der Waals surface area (Å²) in [6.07, 6.45) is 0. The van der Waals surface area contributed by atoms with Crippen LogP contribution in [0.25, 0.3) is 0 Å². The van der Waals surface area contributed by atoms with Crippen molar-refractivity contribution in [2.24, 2.45) is 0 Å². The number of nitrogens with one attached hydrogen (secondary N) is 2. The van der Waals surface area contributed by atoms with Crippen molar-refractivity contribution in [2.75, 3.05) is 11.8 Å². The van der Waals surface area contributed by atoms with E-state index in [1.807, 2.05) is 0 Å². The molecule has 0 saturated carbocycles. The van der Waals surface area contributed by atoms with Crippen molar-refractivity contribution < 1.29 is 26.7 Å². The Morgan fingerprint density at radius 3 is 2.52 bits per heavy atom. The molecule has 162 valence electrons. The highest BCUT2D eigenvalue weighted by molar-refractivity contribution is 7.92. The van der Waals surface area contributed by atoms with Crippen LogP contribution < -0.4 is 14.8 Å². The standard InChI is InChI=1S/C22H20F2N2O4S/c1-14-7-8-15(22(27)25-13-16-11-17(23)9-10-18(16)24)12-21(14)31(28,29)26-19-5-3-4-6-20(19)30-2/h3-12,26H,13H2,1-2H3,(H,25,27). The van der Waals surface area contributed by atoms with E-state index >= 15 is 0 Å². The number of rotatable bonds is 7. The number of hydrogen-bond donors (Lipinski definition) is 2. The third kappa shape index (κ3) is 5.18. The van der Waals surface area contributed by atoms with Crippen LogP contribution in [0.4, 0.5) is 14.5 Å². The topological polar surface area (TPSA) is 84.5 Å². The van der Waals surface area contributed by atoms with Crippen LogP contribution in [-0.2, 0) is 16.6 Å². The molecule has 3 rings (SSSR count). The number of halogens is 2. The Balaban J connectivity index is 1.83. The Labute approximate surface area is 178 Å². The Hall–Kier alpha value is -3.46. The zero-order chi connectivity index (χ0) is 22.6. The molecule has 0 aromatic heterocycles. The summed E-state index contributed by atoms with van der Waals surface area (Å²) < 4.78 is 60.5. The third-order valence-corrected chi connectivity index (χ3v) is 6.05. The highest BCUT2D eigenvalue weighted by atomic mass is 32.2. The van der Waals surface area contributed by atoms with Gasteiger partial charge in [0.05, 0.1) is 17.7 Å². The summed E-state index contributed by atoms with van der Waals surface area (Å²) in [6.45, 7) is 1.35. The average molecular weight is 446 g/mol. The molecule has 9 heteroatoms. The molecule has 0 aliphatic rings. The number of sulfonamides is 1. The summed E-state index contributed by atoms with van der Waals surface area (Å²) in [5.74, 6) is -1.57. The summed E-state index contributed by atoms with van der Waals surface area (Å²) in [6, 6.07) is 13.6. The fourth-order valence-electron chi connectivity index (χ4n) is 2.92. The Bertz CT molecular complexity index is 1230. The van der Waals surface area contributed by atoms with Gasteiger partial charge in [-0.05, 0) is 55.0 Å². The second-order valence-electron chi connectivity index (χ2n) is 6.70. The summed E-state index contributed by atoms with van der Waals surface area (Å²) in [5.41, 5.74) is 0.713. The van der Waals surface area contributed by atoms with Crippen LogP contribution in [0.5, 0.6) is 5.75 Å². The molecular formula is C22H20F2N2O4S. The maximum atomic E-state index is 13.7. The minimum atomic E-state index is -4.03. The maximum Gasteiger partial charge on any atom is 0.262 e. The van der Waals surface area contributed by atoms with E-state index in [9.17, 15) is 22.0 Å². The van der Waals surface area contributed by atoms with Gasteiger partial charge in [0.15, 0.2) is 0 Å². The number of aryl methyl sites for hydroxylation is 1. The fraction of sp³-hybridized carbons (Fsp3) is 0.136. The van der Waals surface area contributed by atoms with Gasteiger partial charge >= 0.3 is 0 Å². The summed E-state index contributed by atoms with van der Waals surface area (Å²) in [7, 11) is -2.61. The predicted octanol–water partition coefficient (Wildman–Crippen LogP) is 4.01. The lowest BCUT2D eigenvalue weighted by atomic mass is 10.1. The lowest BCUT2D eigenvalue weighted by Gasteiger charge is -2.14. The first kappa shape index (κ1) is 22.2. The molecule has 0 aliphatic heterocycles. The van der Waals surface area contributed by atoms with Crippen molar-refractivity contribution >= 4 is 21.6 Å². The molecular weight excluding hydrogens is 426 g/mol. The predicted molar refractivity (Wildman–Crippen MR) is 113 cm³/mol. The minimum absolute atomic E-state index is 0.0221. The van der Waals surface area contributed by atoms with Crippen LogP contribution >= 0.6 is 0 Å². The van der Waals surface area contributed by atoms with Crippen molar-refractivity contribution in [3.8, 4) is 5.75 Å². The summed E-state index contributed by atoms with van der Waals surface area (Å²) in [5, 5.41) is 2.47. The van der Waals surface area contributed by atoms with Crippen LogP contribution in [0, 0.1) is 18.6 Å². The molecule has 0 unspecified atom stereocenters. The molecule has 0 spiro atoms. The zero-order valence-corrected chi connectivity index (χ0v) is 17.6. The molecule has 1 amide bonds. The highest BCUT2D eigenvalue weighted by Crippen LogP contribution is 2.27. The Kier molecular flexibility index (Phi) is 6.55. The number of amides is 1. The second kappa shape index (κ2) is 9.13. The van der Waals surface area contributed by atoms with Gasteiger partial charge in [-0.2, -0.15) is 0 Å². The number of ether oxygens (including phenoxy) is 1. The van der Waals surface area contributed by atoms with E-state index in [2.05, 4.69) is 10.0 Å². The molecule has 0 atom stereocenters. The van der Waals surface area contributed by atoms with E-state index in [-0.39, 0.29) is 28.3 Å². The van der Waals surface area contributed by atoms with Gasteiger partial charge in [0, 0.05) is 17.7 Å². The number of benzene rings is 3. The Morgan fingerprint density at radius 1 is 1.03 bits per heavy atom. The van der Waals surface area contributed by atoms with E-state index in [0.717, 1.165) is 18.2 Å². The SMILES string of the molecule is COc1ccccc1NS(=O)(=O)c1cc(C(=O)NCc2cc(F)ccc2F)ccc1C. The average Bonchev–Trinajstić information content (AvgIpc) is 2.74. The van der Waals surface area contributed by atoms with Gasteiger partial charge in [-0.3, -0.25) is 9.52 Å². The lowest BCUT2D eigenvalue weighted by molar-refractivity contribution is 0.0950. The van der Waals surface area contributed by atoms with Crippen molar-refractivity contribution in [2.45, 2.75) is 18.4 Å². The van der Waals surface area contributed by atoms with Crippen LogP contribution in [-0.4, -0.2) is 21.4 Å². The molecule has 3 aromatic rings. The fourth-order valence-corrected chi connectivity index (χ4v) is 4.26. The van der Waals surface area contributed by atoms with Crippen molar-refractivity contribution in [3.05, 3.63) is 89.0 Å². The number of carbonyl (C=O) groups excluding carboxylic acids is 1. The number of hydrogen-bond acceptors (Lipinski definition) is 4. The molecule has 0 radical (unpaired) electrons. The second-order valence-corrected chi connectivity index (χ2v) is 8.36. The molecule has 0 saturated heterocycles. The number of methoxy groups -OCH3 is 1. The van der Waals surface area contributed by atoms with Gasteiger partial charge in [-0.15, -0.1) is 0 Å². The van der Waals surface area contributed by atoms with Crippen molar-refractivity contribution in [1.29, 1.82) is 0 Å². The van der Waals surface area contributed by atoms with Gasteiger partial charge in [0.1, 0.15) is 17.4 Å². The molecule has 3 aromatic carbocycles. The smallest absolute Gasteiger partial charge is 0.262 e. The number of para-hydroxylation sites is 2. The quantitative estimate of drug-likeness (QED) is 0.574. The first-order chi connectivity index (χ1) is 14.7. The van der Waals surface area contributed by atoms with Crippen molar-refractivity contribution in [1.82, 2.24) is 5.32 Å². The largest absolute Gasteiger partial charge is 0.495 e. The van der Waals surface area contributed by atoms with Gasteiger partial charge in [-0.25, -0.2) is 17.2 Å². The van der Waals surface area contributed by atoms with E-state index in [0.29, 0.717) is 11.3 Å². The van der Waals surface area contributed by atoms with Crippen molar-refractivity contribution in [3.63, 3.8) is 0 Å². The van der Waals surface area contributed by atoms with Gasteiger partial charge in [0.2, 0.25) is 0 Å². The molecule has 2 N–H and O–H groups in total. The van der Waals surface area contributed by atoms with E-state index in [1.165, 1.54) is 25.3 Å². The van der Waals surface area contributed by atoms with Crippen LogP contribution in [0.15, 0.2) is 65.6 Å². The first-order valence-corrected chi connectivity index (χ1v) is 10.7. The van der Waals surface area contributed by atoms with Crippen LogP contribution in [0.1, 0.15) is 21.5 Å². The van der Waals surface area contributed by atoms with Gasteiger partial charge < -0.3 is 10.1 Å². The van der Waals surface area contributed by atoms with E-state index in [1.54, 1.807) is 31.2 Å². The zero-order valence-electron chi connectivity index (χ0n) is 16.8. The summed E-state index contributed by atoms with van der Waals surface area (Å²) in [4.78, 5) is 12.4. The van der Waals surface area contributed by atoms with Crippen LogP contribution in [0.3, 0.4) is 0 Å². The van der Waals surface area contributed by atoms with Gasteiger partial charge in [-0.1, -0.05) is 18.2 Å². The number of carbonyl (C=O) groups is 1. The van der Waals surface area contributed by atoms with E-state index < -0.39 is 27.6 Å². The molecule has 0 aliphatic carbocycles. The molecule has 31 heavy (non-hydrogen) atoms. The maximum absolute atomic E-state index is 13.7. The van der Waals surface area contributed by atoms with E-state index in [4.69, 9.17) is 4.74 Å². The minimum Gasteiger partial charge on any atom is -0.495 e. The third-order valence-electron chi connectivity index (χ3n) is 4.54. The molecule has 6 nitrogen and oxygen atoms in total. The number of anilines is 1. The first-order valence-electron chi connectivity index (χ1n) is 9.20. The highest BCUT2D eigenvalue weighted by Gasteiger charge is 2.21. The van der Waals surface area contributed by atoms with Gasteiger partial charge in [0.25, 0.3) is 15.9 Å². The molecule has 0 bridgehead atoms. The lowest BCUT2D eigenvalue weighted by Crippen LogP contribution is -2.24. The normalized spacial score (nSPS) is 11.1.